The number of fused-ring (bicyclic) bond motifs is 6. The van der Waals surface area contributed by atoms with E-state index in [4.69, 9.17) is 13.6 Å². The van der Waals surface area contributed by atoms with Gasteiger partial charge < -0.3 is 8.37 Å². The Bertz CT molecular complexity index is 4250. The van der Waals surface area contributed by atoms with Gasteiger partial charge in [-0.25, -0.2) is 5.26 Å². The maximum Gasteiger partial charge on any atom is 0.339 e. The van der Waals surface area contributed by atoms with Crippen LogP contribution in [0.1, 0.15) is 11.1 Å². The number of rotatable bonds is 14. The van der Waals surface area contributed by atoms with E-state index in [9.17, 15) is 55.7 Å². The van der Waals surface area contributed by atoms with E-state index in [0.29, 0.717) is 29.2 Å². The second-order valence-corrected chi connectivity index (χ2v) is 23.1. The van der Waals surface area contributed by atoms with Crippen molar-refractivity contribution in [3.8, 4) is 22.9 Å². The summed E-state index contributed by atoms with van der Waals surface area (Å²) in [5.74, 6) is -1.32. The molecule has 2 aromatic heterocycles. The van der Waals surface area contributed by atoms with Crippen molar-refractivity contribution in [1.29, 1.82) is 0 Å². The van der Waals surface area contributed by atoms with Gasteiger partial charge in [0.15, 0.2) is 11.5 Å². The predicted octanol–water partition coefficient (Wildman–Crippen LogP) is 5.78. The van der Waals surface area contributed by atoms with Crippen molar-refractivity contribution in [2.75, 3.05) is 0 Å². The zero-order valence-electron chi connectivity index (χ0n) is 35.0. The van der Waals surface area contributed by atoms with Crippen LogP contribution in [0.4, 0.5) is 0 Å². The molecule has 70 heavy (non-hydrogen) atoms. The molecule has 0 unspecified atom stereocenters. The standard InChI is InChI=1S/C40H28N6O18S6/c1-21-3-7-23(8-4-21)69(57,58)61-35-20-34(46-42-32-14-12-28-30(40(32)44-46)16-26(67(51,52)53)18-38(28)68(54,55)56)36(62-70(59,60)24-9-5-22(2)6-10-24)19-33(35)45-41-31-13-11-27-29(39(31)43-45)15-25(66(48,49)50)17-37(27)65-64-63-47/h3-20,47H,1-2H3,(H,48,49,50)(H,51,52,53)(H,54,55,56). The van der Waals surface area contributed by atoms with Crippen molar-refractivity contribution >= 4 is 106 Å². The Kier molecular flexibility index (Phi) is 12.0. The molecule has 0 aliphatic carbocycles. The van der Waals surface area contributed by atoms with E-state index in [-0.39, 0.29) is 58.3 Å². The molecule has 0 amide bonds. The van der Waals surface area contributed by atoms with Gasteiger partial charge in [0.25, 0.3) is 30.4 Å². The van der Waals surface area contributed by atoms with Crippen LogP contribution in [0.5, 0.6) is 11.5 Å². The Morgan fingerprint density at radius 3 is 1.33 bits per heavy atom. The first-order valence-electron chi connectivity index (χ1n) is 19.3. The highest BCUT2D eigenvalue weighted by Gasteiger charge is 2.29. The Hall–Kier alpha value is -6.68. The fourth-order valence-electron chi connectivity index (χ4n) is 7.08. The van der Waals surface area contributed by atoms with Crippen LogP contribution in [0, 0.1) is 13.8 Å². The SMILES string of the molecule is Cc1ccc(S(=O)(=O)Oc2cc(-n3nc4ccc5c(S(=O)(=O)O)cc(S(=O)(=O)O)cc5c4n3)c(OS(=O)(=O)c3ccc(C)cc3)cc2-n2nc3ccc4c(SOOO)cc(S(=O)(=O)O)cc4c3n2)cc1. The topological polar surface area (TPSA) is 350 Å². The molecule has 7 aromatic carbocycles. The van der Waals surface area contributed by atoms with Crippen LogP contribution in [-0.2, 0) is 60.0 Å². The molecule has 2 heterocycles. The van der Waals surface area contributed by atoms with Crippen molar-refractivity contribution in [3.63, 3.8) is 0 Å². The zero-order valence-corrected chi connectivity index (χ0v) is 39.9. The van der Waals surface area contributed by atoms with Crippen molar-refractivity contribution in [1.82, 2.24) is 30.0 Å². The summed E-state index contributed by atoms with van der Waals surface area (Å²) in [6.07, 6.45) is 0. The molecule has 9 aromatic rings. The lowest BCUT2D eigenvalue weighted by Crippen LogP contribution is -2.16. The molecule has 0 spiro atoms. The first-order valence-corrected chi connectivity index (χ1v) is 27.1. The van der Waals surface area contributed by atoms with Gasteiger partial charge in [-0.2, -0.15) is 42.1 Å². The molecule has 0 fully saturated rings. The minimum atomic E-state index is -5.16. The molecule has 0 aliphatic rings. The van der Waals surface area contributed by atoms with Crippen LogP contribution < -0.4 is 8.37 Å². The highest BCUT2D eigenvalue weighted by molar-refractivity contribution is 7.95. The van der Waals surface area contributed by atoms with Crippen LogP contribution in [0.2, 0.25) is 0 Å². The smallest absolute Gasteiger partial charge is 0.339 e. The van der Waals surface area contributed by atoms with Crippen LogP contribution >= 0.6 is 12.0 Å². The van der Waals surface area contributed by atoms with Crippen molar-refractivity contribution in [2.24, 2.45) is 0 Å². The molecule has 4 N–H and O–H groups in total. The van der Waals surface area contributed by atoms with E-state index < -0.39 is 88.2 Å². The maximum absolute atomic E-state index is 14.1. The van der Waals surface area contributed by atoms with E-state index in [2.05, 4.69) is 29.8 Å². The van der Waals surface area contributed by atoms with E-state index in [0.717, 1.165) is 46.0 Å². The van der Waals surface area contributed by atoms with Gasteiger partial charge in [0, 0.05) is 38.6 Å². The van der Waals surface area contributed by atoms with Crippen LogP contribution in [-0.4, -0.2) is 91.0 Å². The van der Waals surface area contributed by atoms with E-state index in [1.165, 1.54) is 66.7 Å². The lowest BCUT2D eigenvalue weighted by molar-refractivity contribution is -0.432. The fraction of sp³-hybridized carbons (Fsp3) is 0.0500. The molecule has 0 saturated heterocycles. The van der Waals surface area contributed by atoms with Crippen LogP contribution in [0.3, 0.4) is 0 Å². The average Bonchev–Trinajstić information content (AvgIpc) is 3.93. The lowest BCUT2D eigenvalue weighted by Gasteiger charge is -2.16. The fourth-order valence-corrected chi connectivity index (χ4v) is 11.4. The van der Waals surface area contributed by atoms with Crippen molar-refractivity contribution < 1.29 is 78.7 Å². The molecule has 0 atom stereocenters. The third kappa shape index (κ3) is 9.25. The quantitative estimate of drug-likeness (QED) is 0.0329. The summed E-state index contributed by atoms with van der Waals surface area (Å²) in [7, 11) is -24.9. The highest BCUT2D eigenvalue weighted by atomic mass is 32.2. The summed E-state index contributed by atoms with van der Waals surface area (Å²) in [6, 6.07) is 21.4. The number of hydrogen-bond acceptors (Lipinski definition) is 20. The van der Waals surface area contributed by atoms with Gasteiger partial charge in [0.1, 0.15) is 48.1 Å². The summed E-state index contributed by atoms with van der Waals surface area (Å²) >= 11 is 0.357. The minimum absolute atomic E-state index is 0.00155. The van der Waals surface area contributed by atoms with Gasteiger partial charge in [0.05, 0.1) is 21.8 Å². The summed E-state index contributed by atoms with van der Waals surface area (Å²) in [6.45, 7) is 3.40. The maximum atomic E-state index is 14.1. The second-order valence-electron chi connectivity index (χ2n) is 15.0. The molecule has 30 heteroatoms. The van der Waals surface area contributed by atoms with Gasteiger partial charge in [-0.1, -0.05) is 52.6 Å². The minimum Gasteiger partial charge on any atom is -0.376 e. The van der Waals surface area contributed by atoms with E-state index in [1.54, 1.807) is 13.8 Å². The van der Waals surface area contributed by atoms with Gasteiger partial charge >= 0.3 is 20.2 Å². The first-order chi connectivity index (χ1) is 32.8. The molecule has 9 rings (SSSR count). The third-order valence-electron chi connectivity index (χ3n) is 10.4. The Labute approximate surface area is 399 Å². The summed E-state index contributed by atoms with van der Waals surface area (Å²) in [5, 5.41) is 29.9. The average molecular weight is 1070 g/mol. The molecule has 0 radical (unpaired) electrons. The van der Waals surface area contributed by atoms with Gasteiger partial charge in [-0.3, -0.25) is 13.7 Å². The van der Waals surface area contributed by atoms with E-state index >= 15 is 0 Å². The molecule has 0 bridgehead atoms. The summed E-state index contributed by atoms with van der Waals surface area (Å²) in [4.78, 5) is -1.76. The van der Waals surface area contributed by atoms with Crippen LogP contribution in [0.15, 0.2) is 139 Å². The second kappa shape index (κ2) is 17.3. The molecule has 24 nitrogen and oxygen atoms in total. The van der Waals surface area contributed by atoms with E-state index in [1.807, 2.05) is 0 Å². The van der Waals surface area contributed by atoms with Crippen molar-refractivity contribution in [2.45, 2.75) is 43.2 Å². The highest BCUT2D eigenvalue weighted by Crippen LogP contribution is 2.40. The number of benzene rings is 7. The van der Waals surface area contributed by atoms with Crippen LogP contribution in [0.25, 0.3) is 55.0 Å². The monoisotopic (exact) mass is 1070 g/mol. The third-order valence-corrected chi connectivity index (χ3v) is 16.1. The number of hydrogen-bond donors (Lipinski definition) is 4. The number of aryl methyl sites for hydroxylation is 2. The normalized spacial score (nSPS) is 12.9. The number of nitrogens with zero attached hydrogens (tertiary/aromatic N) is 6. The Morgan fingerprint density at radius 1 is 0.471 bits per heavy atom. The predicted molar refractivity (Wildman–Crippen MR) is 244 cm³/mol. The zero-order chi connectivity index (χ0) is 50.3. The molecular formula is C40H28N6O18S6. The van der Waals surface area contributed by atoms with Gasteiger partial charge in [-0.15, -0.1) is 34.3 Å². The molecular weight excluding hydrogens is 1040 g/mol. The van der Waals surface area contributed by atoms with Gasteiger partial charge in [0.2, 0.25) is 0 Å². The molecule has 362 valence electrons. The first kappa shape index (κ1) is 48.3. The number of aromatic nitrogens is 6. The molecule has 0 aliphatic heterocycles. The van der Waals surface area contributed by atoms with Gasteiger partial charge in [-0.05, 0) is 74.5 Å². The summed E-state index contributed by atoms with van der Waals surface area (Å²) < 4.78 is 177. The Morgan fingerprint density at radius 2 is 0.900 bits per heavy atom. The largest absolute Gasteiger partial charge is 0.376 e. The Balaban J connectivity index is 1.35. The molecule has 0 saturated carbocycles. The lowest BCUT2D eigenvalue weighted by atomic mass is 10.1. The summed E-state index contributed by atoms with van der Waals surface area (Å²) in [5.41, 5.74) is -0.0902. The van der Waals surface area contributed by atoms with Crippen molar-refractivity contribution in [3.05, 3.63) is 120 Å².